The largest absolute Gasteiger partial charge is 0.368 e. The minimum Gasteiger partial charge on any atom is -0.368 e. The second kappa shape index (κ2) is 7.44. The minimum absolute atomic E-state index is 0.344. The molecule has 0 saturated heterocycles. The van der Waals surface area contributed by atoms with Gasteiger partial charge in [-0.25, -0.2) is 4.98 Å². The summed E-state index contributed by atoms with van der Waals surface area (Å²) in [5.74, 6) is 1.62. The van der Waals surface area contributed by atoms with Crippen LogP contribution >= 0.6 is 0 Å². The van der Waals surface area contributed by atoms with Gasteiger partial charge in [-0.1, -0.05) is 49.6 Å². The van der Waals surface area contributed by atoms with Gasteiger partial charge in [-0.3, -0.25) is 0 Å². The van der Waals surface area contributed by atoms with E-state index in [1.807, 2.05) is 24.3 Å². The highest BCUT2D eigenvalue weighted by atomic mass is 15.2. The Morgan fingerprint density at radius 2 is 1.74 bits per heavy atom. The number of nitrogens with one attached hydrogen (secondary N) is 2. The average Bonchev–Trinajstić information content (AvgIpc) is 2.56. The smallest absolute Gasteiger partial charge is 0.225 e. The molecule has 1 aromatic carbocycles. The monoisotopic (exact) mass is 310 g/mol. The molecule has 4 heteroatoms. The Bertz CT molecular complexity index is 619. The van der Waals surface area contributed by atoms with Gasteiger partial charge in [0, 0.05) is 23.7 Å². The molecule has 1 aliphatic rings. The average molecular weight is 310 g/mol. The van der Waals surface area contributed by atoms with Crippen LogP contribution in [0.2, 0.25) is 0 Å². The van der Waals surface area contributed by atoms with Crippen molar-refractivity contribution < 1.29 is 0 Å². The van der Waals surface area contributed by atoms with E-state index in [9.17, 15) is 0 Å². The zero-order chi connectivity index (χ0) is 16.1. The van der Waals surface area contributed by atoms with E-state index in [2.05, 4.69) is 41.6 Å². The Hall–Kier alpha value is -2.10. The first kappa shape index (κ1) is 15.8. The van der Waals surface area contributed by atoms with Gasteiger partial charge in [0.25, 0.3) is 0 Å². The quantitative estimate of drug-likeness (QED) is 0.840. The SMILES string of the molecule is CC(C)Nc1cc(-c2ccccc2)nc(NC2CCCCC2)n1. The van der Waals surface area contributed by atoms with Crippen LogP contribution in [-0.4, -0.2) is 22.1 Å². The third-order valence-corrected chi connectivity index (χ3v) is 4.17. The number of aromatic nitrogens is 2. The van der Waals surface area contributed by atoms with Gasteiger partial charge in [-0.05, 0) is 26.7 Å². The summed E-state index contributed by atoms with van der Waals surface area (Å²) in [6, 6.07) is 13.2. The van der Waals surface area contributed by atoms with Crippen molar-refractivity contribution in [1.29, 1.82) is 0 Å². The van der Waals surface area contributed by atoms with Crippen LogP contribution in [0.3, 0.4) is 0 Å². The van der Waals surface area contributed by atoms with Gasteiger partial charge in [0.2, 0.25) is 5.95 Å². The Morgan fingerprint density at radius 1 is 1.00 bits per heavy atom. The van der Waals surface area contributed by atoms with Gasteiger partial charge in [0.1, 0.15) is 5.82 Å². The second-order valence-corrected chi connectivity index (χ2v) is 6.61. The van der Waals surface area contributed by atoms with E-state index >= 15 is 0 Å². The molecule has 0 amide bonds. The molecule has 23 heavy (non-hydrogen) atoms. The molecular formula is C19H26N4. The van der Waals surface area contributed by atoms with Crippen molar-refractivity contribution in [2.75, 3.05) is 10.6 Å². The van der Waals surface area contributed by atoms with Gasteiger partial charge >= 0.3 is 0 Å². The Balaban J connectivity index is 1.87. The molecule has 0 radical (unpaired) electrons. The first-order chi connectivity index (χ1) is 11.2. The van der Waals surface area contributed by atoms with Crippen LogP contribution in [-0.2, 0) is 0 Å². The topological polar surface area (TPSA) is 49.8 Å². The van der Waals surface area contributed by atoms with E-state index in [4.69, 9.17) is 4.98 Å². The molecule has 1 aromatic heterocycles. The van der Waals surface area contributed by atoms with Crippen molar-refractivity contribution in [3.63, 3.8) is 0 Å². The van der Waals surface area contributed by atoms with Gasteiger partial charge in [-0.2, -0.15) is 4.98 Å². The Morgan fingerprint density at radius 3 is 2.43 bits per heavy atom. The zero-order valence-electron chi connectivity index (χ0n) is 14.0. The van der Waals surface area contributed by atoms with E-state index in [0.29, 0.717) is 12.1 Å². The fourth-order valence-electron chi connectivity index (χ4n) is 3.07. The van der Waals surface area contributed by atoms with E-state index in [1.54, 1.807) is 0 Å². The van der Waals surface area contributed by atoms with Crippen molar-refractivity contribution in [3.8, 4) is 11.3 Å². The molecular weight excluding hydrogens is 284 g/mol. The molecule has 1 fully saturated rings. The van der Waals surface area contributed by atoms with Crippen molar-refractivity contribution in [1.82, 2.24) is 9.97 Å². The molecule has 0 spiro atoms. The predicted molar refractivity (Wildman–Crippen MR) is 96.7 cm³/mol. The number of hydrogen-bond acceptors (Lipinski definition) is 4. The summed E-state index contributed by atoms with van der Waals surface area (Å²) in [4.78, 5) is 9.40. The molecule has 1 aliphatic carbocycles. The third kappa shape index (κ3) is 4.44. The predicted octanol–water partition coefficient (Wildman–Crippen LogP) is 4.71. The van der Waals surface area contributed by atoms with Crippen LogP contribution in [0.4, 0.5) is 11.8 Å². The molecule has 2 aromatic rings. The first-order valence-corrected chi connectivity index (χ1v) is 8.68. The minimum atomic E-state index is 0.344. The van der Waals surface area contributed by atoms with Crippen LogP contribution in [0.5, 0.6) is 0 Å². The normalized spacial score (nSPS) is 15.6. The van der Waals surface area contributed by atoms with Crippen LogP contribution in [0.25, 0.3) is 11.3 Å². The molecule has 0 aliphatic heterocycles. The maximum absolute atomic E-state index is 4.74. The molecule has 1 saturated carbocycles. The number of hydrogen-bond donors (Lipinski definition) is 2. The molecule has 2 N–H and O–H groups in total. The summed E-state index contributed by atoms with van der Waals surface area (Å²) >= 11 is 0. The van der Waals surface area contributed by atoms with Gasteiger partial charge < -0.3 is 10.6 Å². The van der Waals surface area contributed by atoms with E-state index in [1.165, 1.54) is 32.1 Å². The van der Waals surface area contributed by atoms with Crippen molar-refractivity contribution in [3.05, 3.63) is 36.4 Å². The molecule has 0 unspecified atom stereocenters. The molecule has 4 nitrogen and oxygen atoms in total. The molecule has 122 valence electrons. The standard InChI is InChI=1S/C19H26N4/c1-14(2)20-18-13-17(15-9-5-3-6-10-15)22-19(23-18)21-16-11-7-4-8-12-16/h3,5-6,9-10,13-14,16H,4,7-8,11-12H2,1-2H3,(H2,20,21,22,23). The summed E-state index contributed by atoms with van der Waals surface area (Å²) < 4.78 is 0. The lowest BCUT2D eigenvalue weighted by molar-refractivity contribution is 0.461. The van der Waals surface area contributed by atoms with Gasteiger partial charge in [0.15, 0.2) is 0 Å². The summed E-state index contributed by atoms with van der Waals surface area (Å²) in [6.07, 6.45) is 6.38. The summed E-state index contributed by atoms with van der Waals surface area (Å²) in [6.45, 7) is 4.25. The lowest BCUT2D eigenvalue weighted by Crippen LogP contribution is -2.24. The van der Waals surface area contributed by atoms with Crippen molar-refractivity contribution in [2.24, 2.45) is 0 Å². The first-order valence-electron chi connectivity index (χ1n) is 8.68. The number of benzene rings is 1. The van der Waals surface area contributed by atoms with Gasteiger partial charge in [0.05, 0.1) is 5.69 Å². The highest BCUT2D eigenvalue weighted by molar-refractivity contribution is 5.64. The number of anilines is 2. The molecule has 0 atom stereocenters. The van der Waals surface area contributed by atoms with Crippen LogP contribution in [0.1, 0.15) is 46.0 Å². The molecule has 1 heterocycles. The number of nitrogens with zero attached hydrogens (tertiary/aromatic N) is 2. The fourth-order valence-corrected chi connectivity index (χ4v) is 3.07. The van der Waals surface area contributed by atoms with Crippen molar-refractivity contribution >= 4 is 11.8 Å². The molecule has 0 bridgehead atoms. The highest BCUT2D eigenvalue weighted by Crippen LogP contribution is 2.24. The van der Waals surface area contributed by atoms with Crippen LogP contribution < -0.4 is 10.6 Å². The summed E-state index contributed by atoms with van der Waals surface area (Å²) in [5, 5.41) is 6.94. The van der Waals surface area contributed by atoms with E-state index in [-0.39, 0.29) is 0 Å². The zero-order valence-corrected chi connectivity index (χ0v) is 14.0. The summed E-state index contributed by atoms with van der Waals surface area (Å²) in [5.41, 5.74) is 2.08. The summed E-state index contributed by atoms with van der Waals surface area (Å²) in [7, 11) is 0. The fraction of sp³-hybridized carbons (Fsp3) is 0.474. The van der Waals surface area contributed by atoms with E-state index in [0.717, 1.165) is 23.0 Å². The second-order valence-electron chi connectivity index (χ2n) is 6.61. The molecule has 3 rings (SSSR count). The third-order valence-electron chi connectivity index (χ3n) is 4.17. The maximum atomic E-state index is 4.74. The Kier molecular flexibility index (Phi) is 5.11. The lowest BCUT2D eigenvalue weighted by Gasteiger charge is -2.23. The Labute approximate surface area is 138 Å². The lowest BCUT2D eigenvalue weighted by atomic mass is 9.96. The van der Waals surface area contributed by atoms with Crippen molar-refractivity contribution in [2.45, 2.75) is 58.0 Å². The van der Waals surface area contributed by atoms with E-state index < -0.39 is 0 Å². The van der Waals surface area contributed by atoms with Gasteiger partial charge in [-0.15, -0.1) is 0 Å². The highest BCUT2D eigenvalue weighted by Gasteiger charge is 2.15. The maximum Gasteiger partial charge on any atom is 0.225 e. The van der Waals surface area contributed by atoms with Crippen LogP contribution in [0.15, 0.2) is 36.4 Å². The van der Waals surface area contributed by atoms with Crippen LogP contribution in [0, 0.1) is 0 Å². The number of rotatable bonds is 5.